The molecule has 0 saturated heterocycles. The van der Waals surface area contributed by atoms with E-state index in [4.69, 9.17) is 0 Å². The van der Waals surface area contributed by atoms with E-state index in [0.717, 1.165) is 18.4 Å². The minimum atomic E-state index is -0.253. The van der Waals surface area contributed by atoms with E-state index >= 15 is 0 Å². The second kappa shape index (κ2) is 5.74. The predicted molar refractivity (Wildman–Crippen MR) is 57.2 cm³/mol. The van der Waals surface area contributed by atoms with Crippen LogP contribution in [0.25, 0.3) is 0 Å². The molecular weight excluding hydrogens is 163 g/mol. The van der Waals surface area contributed by atoms with Gasteiger partial charge in [-0.15, -0.1) is 0 Å². The van der Waals surface area contributed by atoms with Crippen LogP contribution < -0.4 is 0 Å². The van der Waals surface area contributed by atoms with Crippen molar-refractivity contribution in [1.29, 1.82) is 0 Å². The first-order valence-electron chi connectivity index (χ1n) is 4.74. The molecule has 0 fully saturated rings. The molecule has 0 N–H and O–H groups in total. The van der Waals surface area contributed by atoms with Crippen molar-refractivity contribution in [3.8, 4) is 0 Å². The van der Waals surface area contributed by atoms with Gasteiger partial charge in [0.25, 0.3) is 0 Å². The lowest BCUT2D eigenvalue weighted by Crippen LogP contribution is -1.98. The summed E-state index contributed by atoms with van der Waals surface area (Å²) < 4.78 is 13.1. The summed E-state index contributed by atoms with van der Waals surface area (Å²) in [4.78, 5) is 0. The molecule has 0 rings (SSSR count). The summed E-state index contributed by atoms with van der Waals surface area (Å²) >= 11 is 0. The van der Waals surface area contributed by atoms with Crippen LogP contribution in [0, 0.1) is 5.92 Å². The third-order valence-corrected chi connectivity index (χ3v) is 2.23. The first-order chi connectivity index (χ1) is 6.02. The van der Waals surface area contributed by atoms with Crippen LogP contribution in [0.5, 0.6) is 0 Å². The molecule has 0 unspecified atom stereocenters. The van der Waals surface area contributed by atoms with Gasteiger partial charge in [0.1, 0.15) is 5.83 Å². The highest BCUT2D eigenvalue weighted by Crippen LogP contribution is 2.21. The molecule has 0 aliphatic carbocycles. The standard InChI is InChI=1S/C12H19F/c1-6-11(7-2)10(5)8-12(13)9(3)4/h8,11H,3,5-7H2,1-2,4H3/b12-8+. The Morgan fingerprint density at radius 1 is 1.31 bits per heavy atom. The summed E-state index contributed by atoms with van der Waals surface area (Å²) in [5.74, 6) is 0.141. The van der Waals surface area contributed by atoms with Crippen molar-refractivity contribution in [2.45, 2.75) is 33.6 Å². The van der Waals surface area contributed by atoms with Gasteiger partial charge in [0.05, 0.1) is 0 Å². The average Bonchev–Trinajstić information content (AvgIpc) is 2.06. The van der Waals surface area contributed by atoms with Crippen molar-refractivity contribution in [2.24, 2.45) is 5.92 Å². The van der Waals surface area contributed by atoms with Gasteiger partial charge in [-0.05, 0) is 42.9 Å². The summed E-state index contributed by atoms with van der Waals surface area (Å²) in [7, 11) is 0. The number of hydrogen-bond acceptors (Lipinski definition) is 0. The molecule has 0 aromatic carbocycles. The summed E-state index contributed by atoms with van der Waals surface area (Å²) in [6.07, 6.45) is 3.52. The first-order valence-corrected chi connectivity index (χ1v) is 4.74. The van der Waals surface area contributed by atoms with E-state index in [1.807, 2.05) is 0 Å². The lowest BCUT2D eigenvalue weighted by Gasteiger charge is -2.12. The maximum atomic E-state index is 13.1. The van der Waals surface area contributed by atoms with Gasteiger partial charge in [0.15, 0.2) is 0 Å². The molecule has 74 valence electrons. The summed E-state index contributed by atoms with van der Waals surface area (Å²) in [5, 5.41) is 0. The van der Waals surface area contributed by atoms with Crippen molar-refractivity contribution >= 4 is 0 Å². The van der Waals surface area contributed by atoms with Gasteiger partial charge in [-0.1, -0.05) is 27.0 Å². The normalized spacial score (nSPS) is 11.9. The zero-order valence-electron chi connectivity index (χ0n) is 8.86. The third kappa shape index (κ3) is 4.07. The zero-order chi connectivity index (χ0) is 10.4. The van der Waals surface area contributed by atoms with Crippen LogP contribution in [0.4, 0.5) is 4.39 Å². The number of hydrogen-bond donors (Lipinski definition) is 0. The molecule has 1 heteroatoms. The highest BCUT2D eigenvalue weighted by molar-refractivity contribution is 5.29. The second-order valence-electron chi connectivity index (χ2n) is 3.36. The van der Waals surface area contributed by atoms with Gasteiger partial charge < -0.3 is 0 Å². The molecule has 0 nitrogen and oxygen atoms in total. The van der Waals surface area contributed by atoms with E-state index in [-0.39, 0.29) is 5.83 Å². The molecule has 0 radical (unpaired) electrons. The highest BCUT2D eigenvalue weighted by Gasteiger charge is 2.06. The van der Waals surface area contributed by atoms with Gasteiger partial charge in [-0.25, -0.2) is 4.39 Å². The van der Waals surface area contributed by atoms with Crippen LogP contribution in [0.2, 0.25) is 0 Å². The lowest BCUT2D eigenvalue weighted by molar-refractivity contribution is 0.577. The minimum Gasteiger partial charge on any atom is -0.207 e. The van der Waals surface area contributed by atoms with Crippen LogP contribution in [0.1, 0.15) is 33.6 Å². The smallest absolute Gasteiger partial charge is 0.125 e. The number of allylic oxidation sites excluding steroid dienone is 4. The van der Waals surface area contributed by atoms with E-state index in [1.54, 1.807) is 6.92 Å². The topological polar surface area (TPSA) is 0 Å². The van der Waals surface area contributed by atoms with Crippen LogP contribution in [0.15, 0.2) is 36.2 Å². The Morgan fingerprint density at radius 2 is 1.77 bits per heavy atom. The number of halogens is 1. The van der Waals surface area contributed by atoms with E-state index in [9.17, 15) is 4.39 Å². The Balaban J connectivity index is 4.44. The van der Waals surface area contributed by atoms with E-state index in [1.165, 1.54) is 6.08 Å². The Morgan fingerprint density at radius 3 is 2.08 bits per heavy atom. The van der Waals surface area contributed by atoms with E-state index in [0.29, 0.717) is 11.5 Å². The van der Waals surface area contributed by atoms with Gasteiger partial charge in [-0.3, -0.25) is 0 Å². The highest BCUT2D eigenvalue weighted by atomic mass is 19.1. The minimum absolute atomic E-state index is 0.253. The number of rotatable bonds is 5. The van der Waals surface area contributed by atoms with E-state index in [2.05, 4.69) is 27.0 Å². The molecule has 0 aromatic rings. The first kappa shape index (κ1) is 12.2. The molecule has 0 aromatic heterocycles. The van der Waals surface area contributed by atoms with Gasteiger partial charge in [-0.2, -0.15) is 0 Å². The zero-order valence-corrected chi connectivity index (χ0v) is 8.86. The molecular formula is C12H19F. The molecule has 0 heterocycles. The summed E-state index contributed by atoms with van der Waals surface area (Å²) in [6.45, 7) is 13.2. The maximum Gasteiger partial charge on any atom is 0.125 e. The predicted octanol–water partition coefficient (Wildman–Crippen LogP) is 4.41. The Labute approximate surface area is 80.9 Å². The molecule has 0 aliphatic heterocycles. The van der Waals surface area contributed by atoms with Gasteiger partial charge in [0, 0.05) is 0 Å². The summed E-state index contributed by atoms with van der Waals surface area (Å²) in [6, 6.07) is 0. The SMILES string of the molecule is C=C(C)/C(F)=C\C(=C)C(CC)CC. The molecule has 0 bridgehead atoms. The third-order valence-electron chi connectivity index (χ3n) is 2.23. The van der Waals surface area contributed by atoms with Crippen LogP contribution in [-0.2, 0) is 0 Å². The summed E-state index contributed by atoms with van der Waals surface area (Å²) in [5.41, 5.74) is 1.33. The Kier molecular flexibility index (Phi) is 5.36. The van der Waals surface area contributed by atoms with Crippen molar-refractivity contribution in [3.05, 3.63) is 36.2 Å². The van der Waals surface area contributed by atoms with Crippen molar-refractivity contribution in [1.82, 2.24) is 0 Å². The molecule has 0 atom stereocenters. The molecule has 0 aliphatic rings. The van der Waals surface area contributed by atoms with Crippen LogP contribution in [0.3, 0.4) is 0 Å². The fraction of sp³-hybridized carbons (Fsp3) is 0.500. The van der Waals surface area contributed by atoms with Crippen molar-refractivity contribution in [2.75, 3.05) is 0 Å². The van der Waals surface area contributed by atoms with Gasteiger partial charge in [0.2, 0.25) is 0 Å². The average molecular weight is 182 g/mol. The van der Waals surface area contributed by atoms with Crippen molar-refractivity contribution < 1.29 is 4.39 Å². The monoisotopic (exact) mass is 182 g/mol. The quantitative estimate of drug-likeness (QED) is 0.552. The molecule has 13 heavy (non-hydrogen) atoms. The van der Waals surface area contributed by atoms with Crippen LogP contribution in [-0.4, -0.2) is 0 Å². The molecule has 0 amide bonds. The fourth-order valence-corrected chi connectivity index (χ4v) is 1.22. The van der Waals surface area contributed by atoms with Crippen LogP contribution >= 0.6 is 0 Å². The van der Waals surface area contributed by atoms with Gasteiger partial charge >= 0.3 is 0 Å². The fourth-order valence-electron chi connectivity index (χ4n) is 1.22. The largest absolute Gasteiger partial charge is 0.207 e. The van der Waals surface area contributed by atoms with E-state index < -0.39 is 0 Å². The Bertz CT molecular complexity index is 219. The Hall–Kier alpha value is -0.850. The van der Waals surface area contributed by atoms with Crippen molar-refractivity contribution in [3.63, 3.8) is 0 Å². The molecule has 0 spiro atoms. The second-order valence-corrected chi connectivity index (χ2v) is 3.36. The molecule has 0 saturated carbocycles. The maximum absolute atomic E-state index is 13.1. The lowest BCUT2D eigenvalue weighted by atomic mass is 9.94.